The molecule has 0 amide bonds. The molecule has 0 radical (unpaired) electrons. The van der Waals surface area contributed by atoms with Gasteiger partial charge in [0.15, 0.2) is 11.4 Å². The molecule has 1 aliphatic carbocycles. The molecule has 0 bridgehead atoms. The van der Waals surface area contributed by atoms with E-state index in [0.717, 1.165) is 11.3 Å². The van der Waals surface area contributed by atoms with Crippen molar-refractivity contribution >= 4 is 11.4 Å². The van der Waals surface area contributed by atoms with Gasteiger partial charge in [-0.3, -0.25) is 4.79 Å². The minimum absolute atomic E-state index is 0.00771. The predicted molar refractivity (Wildman–Crippen MR) is 55.0 cm³/mol. The summed E-state index contributed by atoms with van der Waals surface area (Å²) in [5.41, 5.74) is 2.37. The van der Waals surface area contributed by atoms with Crippen molar-refractivity contribution in [1.29, 1.82) is 0 Å². The molecule has 2 aromatic heterocycles. The van der Waals surface area contributed by atoms with Gasteiger partial charge in [-0.1, -0.05) is 0 Å². The largest absolute Gasteiger partial charge is 0.293 e. The number of fused-ring (bicyclic) bond motifs is 1. The zero-order valence-corrected chi connectivity index (χ0v) is 8.47. The van der Waals surface area contributed by atoms with Gasteiger partial charge >= 0.3 is 0 Å². The van der Waals surface area contributed by atoms with Crippen molar-refractivity contribution in [2.45, 2.75) is 25.7 Å². The highest BCUT2D eigenvalue weighted by atomic mass is 16.1. The standard InChI is InChI=1S/C11H11N3O/c1-7(15)9-4-5-14-11(12-9)6-10(13-14)8-2-3-8/h4-6,8H,2-3H2,1H3. The van der Waals surface area contributed by atoms with Crippen LogP contribution in [0.15, 0.2) is 18.3 Å². The monoisotopic (exact) mass is 201 g/mol. The van der Waals surface area contributed by atoms with Crippen molar-refractivity contribution in [3.8, 4) is 0 Å². The number of nitrogens with zero attached hydrogens (tertiary/aromatic N) is 3. The molecule has 1 saturated carbocycles. The molecule has 0 N–H and O–H groups in total. The average molecular weight is 201 g/mol. The summed E-state index contributed by atoms with van der Waals surface area (Å²) < 4.78 is 1.74. The maximum Gasteiger partial charge on any atom is 0.178 e. The number of hydrogen-bond acceptors (Lipinski definition) is 3. The van der Waals surface area contributed by atoms with E-state index in [-0.39, 0.29) is 5.78 Å². The Kier molecular flexibility index (Phi) is 1.65. The summed E-state index contributed by atoms with van der Waals surface area (Å²) >= 11 is 0. The Balaban J connectivity index is 2.13. The number of rotatable bonds is 2. The third-order valence-electron chi connectivity index (χ3n) is 2.70. The summed E-state index contributed by atoms with van der Waals surface area (Å²) in [4.78, 5) is 15.4. The number of Topliss-reactive ketones (excluding diaryl/α,β-unsaturated/α-hetero) is 1. The highest BCUT2D eigenvalue weighted by molar-refractivity contribution is 5.92. The summed E-state index contributed by atoms with van der Waals surface area (Å²) in [6, 6.07) is 3.68. The van der Waals surface area contributed by atoms with Crippen molar-refractivity contribution < 1.29 is 4.79 Å². The van der Waals surface area contributed by atoms with E-state index in [1.54, 1.807) is 16.8 Å². The summed E-state index contributed by atoms with van der Waals surface area (Å²) in [5, 5.41) is 4.42. The van der Waals surface area contributed by atoms with Crippen molar-refractivity contribution in [3.05, 3.63) is 29.7 Å². The van der Waals surface area contributed by atoms with Crippen LogP contribution in [0, 0.1) is 0 Å². The quantitative estimate of drug-likeness (QED) is 0.696. The number of carbonyl (C=O) groups is 1. The minimum Gasteiger partial charge on any atom is -0.293 e. The van der Waals surface area contributed by atoms with Gasteiger partial charge < -0.3 is 0 Å². The Hall–Kier alpha value is -1.71. The maximum absolute atomic E-state index is 11.1. The van der Waals surface area contributed by atoms with Crippen molar-refractivity contribution in [2.24, 2.45) is 0 Å². The lowest BCUT2D eigenvalue weighted by Crippen LogP contribution is -1.99. The molecule has 0 atom stereocenters. The SMILES string of the molecule is CC(=O)c1ccn2nc(C3CC3)cc2n1. The van der Waals surface area contributed by atoms with Crippen LogP contribution in [-0.2, 0) is 0 Å². The molecule has 0 aromatic carbocycles. The first-order valence-electron chi connectivity index (χ1n) is 5.11. The molecule has 0 unspecified atom stereocenters. The average Bonchev–Trinajstić information content (AvgIpc) is 2.97. The molecule has 1 fully saturated rings. The van der Waals surface area contributed by atoms with Crippen LogP contribution in [0.2, 0.25) is 0 Å². The van der Waals surface area contributed by atoms with Crippen LogP contribution in [0.5, 0.6) is 0 Å². The molecular formula is C11H11N3O. The molecule has 4 nitrogen and oxygen atoms in total. The van der Waals surface area contributed by atoms with E-state index in [1.165, 1.54) is 19.8 Å². The van der Waals surface area contributed by atoms with E-state index < -0.39 is 0 Å². The first-order valence-corrected chi connectivity index (χ1v) is 5.11. The van der Waals surface area contributed by atoms with Gasteiger partial charge in [0.25, 0.3) is 0 Å². The first-order chi connectivity index (χ1) is 7.24. The van der Waals surface area contributed by atoms with E-state index in [1.807, 2.05) is 6.07 Å². The Morgan fingerprint density at radius 3 is 3.00 bits per heavy atom. The molecule has 3 rings (SSSR count). The second kappa shape index (κ2) is 2.89. The van der Waals surface area contributed by atoms with Gasteiger partial charge in [-0.05, 0) is 18.9 Å². The third kappa shape index (κ3) is 1.42. The molecule has 0 aliphatic heterocycles. The summed E-state index contributed by atoms with van der Waals surface area (Å²) in [5.74, 6) is 0.610. The lowest BCUT2D eigenvalue weighted by atomic mass is 10.3. The second-order valence-electron chi connectivity index (χ2n) is 4.02. The molecule has 0 spiro atoms. The highest BCUT2D eigenvalue weighted by Gasteiger charge is 2.26. The van der Waals surface area contributed by atoms with E-state index in [4.69, 9.17) is 0 Å². The van der Waals surface area contributed by atoms with Crippen LogP contribution in [0.25, 0.3) is 5.65 Å². The lowest BCUT2D eigenvalue weighted by molar-refractivity contribution is 0.101. The number of aromatic nitrogens is 3. The number of carbonyl (C=O) groups excluding carboxylic acids is 1. The van der Waals surface area contributed by atoms with E-state index in [9.17, 15) is 4.79 Å². The van der Waals surface area contributed by atoms with Crippen LogP contribution in [0.4, 0.5) is 0 Å². The fourth-order valence-corrected chi connectivity index (χ4v) is 1.67. The van der Waals surface area contributed by atoms with Crippen LogP contribution in [0.1, 0.15) is 41.9 Å². The number of hydrogen-bond donors (Lipinski definition) is 0. The molecule has 4 heteroatoms. The van der Waals surface area contributed by atoms with Crippen LogP contribution in [0.3, 0.4) is 0 Å². The normalized spacial score (nSPS) is 15.8. The van der Waals surface area contributed by atoms with E-state index in [2.05, 4.69) is 10.1 Å². The van der Waals surface area contributed by atoms with Crippen LogP contribution >= 0.6 is 0 Å². The first kappa shape index (κ1) is 8.59. The van der Waals surface area contributed by atoms with Gasteiger partial charge in [0.1, 0.15) is 5.69 Å². The molecular weight excluding hydrogens is 190 g/mol. The van der Waals surface area contributed by atoms with Crippen LogP contribution in [-0.4, -0.2) is 20.4 Å². The van der Waals surface area contributed by atoms with Gasteiger partial charge in [0.2, 0.25) is 0 Å². The molecule has 76 valence electrons. The lowest BCUT2D eigenvalue weighted by Gasteiger charge is -1.94. The van der Waals surface area contributed by atoms with Gasteiger partial charge in [-0.25, -0.2) is 9.50 Å². The zero-order chi connectivity index (χ0) is 10.4. The minimum atomic E-state index is -0.00771. The Morgan fingerprint density at radius 1 is 1.53 bits per heavy atom. The predicted octanol–water partition coefficient (Wildman–Crippen LogP) is 1.81. The fourth-order valence-electron chi connectivity index (χ4n) is 1.67. The molecule has 0 saturated heterocycles. The Labute approximate surface area is 86.9 Å². The zero-order valence-electron chi connectivity index (χ0n) is 8.47. The van der Waals surface area contributed by atoms with Crippen molar-refractivity contribution in [1.82, 2.24) is 14.6 Å². The van der Waals surface area contributed by atoms with Gasteiger partial charge in [0.05, 0.1) is 5.69 Å². The van der Waals surface area contributed by atoms with Gasteiger partial charge in [-0.15, -0.1) is 0 Å². The summed E-state index contributed by atoms with van der Waals surface area (Å²) in [6.45, 7) is 1.52. The van der Waals surface area contributed by atoms with Crippen molar-refractivity contribution in [2.75, 3.05) is 0 Å². The molecule has 1 aliphatic rings. The molecule has 2 aromatic rings. The Morgan fingerprint density at radius 2 is 2.33 bits per heavy atom. The third-order valence-corrected chi connectivity index (χ3v) is 2.70. The molecule has 15 heavy (non-hydrogen) atoms. The highest BCUT2D eigenvalue weighted by Crippen LogP contribution is 2.39. The summed E-state index contributed by atoms with van der Waals surface area (Å²) in [7, 11) is 0. The topological polar surface area (TPSA) is 47.3 Å². The van der Waals surface area contributed by atoms with Gasteiger partial charge in [0, 0.05) is 25.1 Å². The smallest absolute Gasteiger partial charge is 0.178 e. The van der Waals surface area contributed by atoms with Gasteiger partial charge in [-0.2, -0.15) is 5.10 Å². The number of ketones is 1. The van der Waals surface area contributed by atoms with E-state index in [0.29, 0.717) is 11.6 Å². The second-order valence-corrected chi connectivity index (χ2v) is 4.02. The van der Waals surface area contributed by atoms with Crippen LogP contribution < -0.4 is 0 Å². The summed E-state index contributed by atoms with van der Waals surface area (Å²) in [6.07, 6.45) is 4.25. The Bertz CT molecular complexity index is 540. The molecule has 2 heterocycles. The maximum atomic E-state index is 11.1. The van der Waals surface area contributed by atoms with E-state index >= 15 is 0 Å². The fraction of sp³-hybridized carbons (Fsp3) is 0.364. The van der Waals surface area contributed by atoms with Crippen molar-refractivity contribution in [3.63, 3.8) is 0 Å².